The molecule has 1 aliphatic heterocycles. The van der Waals surface area contributed by atoms with E-state index in [9.17, 15) is 5.11 Å². The van der Waals surface area contributed by atoms with Gasteiger partial charge in [-0.3, -0.25) is 4.68 Å². The molecule has 0 aliphatic carbocycles. The van der Waals surface area contributed by atoms with Gasteiger partial charge >= 0.3 is 0 Å². The number of aromatic nitrogens is 2. The predicted octanol–water partition coefficient (Wildman–Crippen LogP) is 1.63. The monoisotopic (exact) mass is 230 g/mol. The molecular formula is C13H14N2O2. The van der Waals surface area contributed by atoms with Crippen molar-refractivity contribution < 1.29 is 9.84 Å². The number of aryl methyl sites for hydroxylation is 1. The lowest BCUT2D eigenvalue weighted by molar-refractivity contribution is 0.125. The molecular weight excluding hydrogens is 216 g/mol. The Labute approximate surface area is 99.5 Å². The Kier molecular flexibility index (Phi) is 2.37. The zero-order valence-electron chi connectivity index (χ0n) is 9.58. The number of rotatable bonds is 2. The van der Waals surface area contributed by atoms with E-state index >= 15 is 0 Å². The third kappa shape index (κ3) is 1.70. The van der Waals surface area contributed by atoms with Crippen molar-refractivity contribution in [2.24, 2.45) is 7.05 Å². The molecule has 0 saturated heterocycles. The van der Waals surface area contributed by atoms with Crippen LogP contribution in [0.4, 0.5) is 0 Å². The molecule has 0 amide bonds. The Balaban J connectivity index is 1.92. The highest BCUT2D eigenvalue weighted by molar-refractivity contribution is 5.41. The van der Waals surface area contributed by atoms with E-state index < -0.39 is 6.10 Å². The van der Waals surface area contributed by atoms with Crippen molar-refractivity contribution in [1.82, 2.24) is 9.78 Å². The van der Waals surface area contributed by atoms with Gasteiger partial charge in [-0.2, -0.15) is 5.10 Å². The Bertz CT molecular complexity index is 536. The normalized spacial score (nSPS) is 19.8. The van der Waals surface area contributed by atoms with E-state index in [1.807, 2.05) is 43.6 Å². The van der Waals surface area contributed by atoms with Crippen LogP contribution in [0.25, 0.3) is 0 Å². The number of nitrogens with zero attached hydrogens (tertiary/aromatic N) is 2. The zero-order chi connectivity index (χ0) is 11.8. The predicted molar refractivity (Wildman–Crippen MR) is 62.8 cm³/mol. The Morgan fingerprint density at radius 3 is 3.00 bits per heavy atom. The van der Waals surface area contributed by atoms with Crippen LogP contribution in [0.5, 0.6) is 5.75 Å². The summed E-state index contributed by atoms with van der Waals surface area (Å²) in [6, 6.07) is 9.67. The van der Waals surface area contributed by atoms with Gasteiger partial charge in [0.05, 0.1) is 18.2 Å². The summed E-state index contributed by atoms with van der Waals surface area (Å²) in [5.74, 6) is 0.841. The molecule has 3 rings (SSSR count). The molecule has 2 aromatic rings. The Morgan fingerprint density at radius 1 is 1.41 bits per heavy atom. The quantitative estimate of drug-likeness (QED) is 0.853. The van der Waals surface area contributed by atoms with E-state index in [1.165, 1.54) is 0 Å². The average molecular weight is 230 g/mol. The van der Waals surface area contributed by atoms with Gasteiger partial charge in [0, 0.05) is 18.8 Å². The molecule has 4 heteroatoms. The van der Waals surface area contributed by atoms with E-state index in [2.05, 4.69) is 5.10 Å². The van der Waals surface area contributed by atoms with Crippen LogP contribution in [0.2, 0.25) is 0 Å². The van der Waals surface area contributed by atoms with Gasteiger partial charge in [-0.15, -0.1) is 0 Å². The van der Waals surface area contributed by atoms with Crippen molar-refractivity contribution >= 4 is 0 Å². The van der Waals surface area contributed by atoms with Crippen LogP contribution >= 0.6 is 0 Å². The molecule has 0 fully saturated rings. The number of hydrogen-bond acceptors (Lipinski definition) is 3. The Hall–Kier alpha value is -1.81. The van der Waals surface area contributed by atoms with Gasteiger partial charge in [-0.1, -0.05) is 18.2 Å². The van der Waals surface area contributed by atoms with Gasteiger partial charge in [0.25, 0.3) is 0 Å². The Morgan fingerprint density at radius 2 is 2.24 bits per heavy atom. The molecule has 2 unspecified atom stereocenters. The van der Waals surface area contributed by atoms with Gasteiger partial charge in [0.15, 0.2) is 0 Å². The largest absolute Gasteiger partial charge is 0.493 e. The summed E-state index contributed by atoms with van der Waals surface area (Å²) in [5, 5.41) is 14.6. The molecule has 88 valence electrons. The summed E-state index contributed by atoms with van der Waals surface area (Å²) < 4.78 is 7.26. The fourth-order valence-electron chi connectivity index (χ4n) is 2.25. The highest BCUT2D eigenvalue weighted by atomic mass is 16.5. The van der Waals surface area contributed by atoms with Gasteiger partial charge in [0.2, 0.25) is 0 Å². The maximum atomic E-state index is 10.3. The van der Waals surface area contributed by atoms with E-state index in [0.717, 1.165) is 11.3 Å². The molecule has 0 saturated carbocycles. The first-order valence-electron chi connectivity index (χ1n) is 5.65. The summed E-state index contributed by atoms with van der Waals surface area (Å²) in [4.78, 5) is 0. The van der Waals surface area contributed by atoms with Gasteiger partial charge in [-0.05, 0) is 12.1 Å². The van der Waals surface area contributed by atoms with Crippen molar-refractivity contribution in [3.63, 3.8) is 0 Å². The molecule has 2 atom stereocenters. The van der Waals surface area contributed by atoms with Gasteiger partial charge in [0.1, 0.15) is 11.9 Å². The van der Waals surface area contributed by atoms with E-state index in [-0.39, 0.29) is 5.92 Å². The fraction of sp³-hybridized carbons (Fsp3) is 0.308. The zero-order valence-corrected chi connectivity index (χ0v) is 9.58. The van der Waals surface area contributed by atoms with Crippen molar-refractivity contribution in [3.8, 4) is 5.75 Å². The number of hydrogen-bond donors (Lipinski definition) is 1. The van der Waals surface area contributed by atoms with Crippen LogP contribution in [-0.4, -0.2) is 21.5 Å². The highest BCUT2D eigenvalue weighted by Gasteiger charge is 2.32. The molecule has 0 radical (unpaired) electrons. The number of para-hydroxylation sites is 1. The van der Waals surface area contributed by atoms with Crippen LogP contribution in [0.15, 0.2) is 36.5 Å². The second-order valence-corrected chi connectivity index (χ2v) is 4.31. The third-order valence-corrected chi connectivity index (χ3v) is 3.16. The number of benzene rings is 1. The van der Waals surface area contributed by atoms with Crippen LogP contribution in [0, 0.1) is 0 Å². The maximum Gasteiger partial charge on any atom is 0.123 e. The molecule has 1 aromatic heterocycles. The highest BCUT2D eigenvalue weighted by Crippen LogP contribution is 2.40. The van der Waals surface area contributed by atoms with Gasteiger partial charge in [-0.25, -0.2) is 0 Å². The first kappa shape index (κ1) is 10.4. The molecule has 1 aromatic carbocycles. The van der Waals surface area contributed by atoms with E-state index in [4.69, 9.17) is 4.74 Å². The molecule has 0 spiro atoms. The SMILES string of the molecule is Cn1ccc(C(O)C2COc3ccccc32)n1. The summed E-state index contributed by atoms with van der Waals surface area (Å²) in [6.07, 6.45) is 1.22. The molecule has 17 heavy (non-hydrogen) atoms. The molecule has 1 aliphatic rings. The summed E-state index contributed by atoms with van der Waals surface area (Å²) in [7, 11) is 1.84. The number of aliphatic hydroxyl groups is 1. The standard InChI is InChI=1S/C13H14N2O2/c1-15-7-6-11(14-15)13(16)10-8-17-12-5-3-2-4-9(10)12/h2-7,10,13,16H,8H2,1H3. The minimum Gasteiger partial charge on any atom is -0.493 e. The first-order valence-corrected chi connectivity index (χ1v) is 5.65. The van der Waals surface area contributed by atoms with Crippen molar-refractivity contribution in [3.05, 3.63) is 47.8 Å². The fourth-order valence-corrected chi connectivity index (χ4v) is 2.25. The summed E-state index contributed by atoms with van der Waals surface area (Å²) in [5.41, 5.74) is 1.75. The van der Waals surface area contributed by atoms with Gasteiger partial charge < -0.3 is 9.84 Å². The molecule has 4 nitrogen and oxygen atoms in total. The second-order valence-electron chi connectivity index (χ2n) is 4.31. The van der Waals surface area contributed by atoms with Crippen LogP contribution in [-0.2, 0) is 7.05 Å². The second kappa shape index (κ2) is 3.89. The topological polar surface area (TPSA) is 47.3 Å². The average Bonchev–Trinajstić information content (AvgIpc) is 2.94. The minimum atomic E-state index is -0.611. The number of aliphatic hydroxyl groups excluding tert-OH is 1. The number of ether oxygens (including phenoxy) is 1. The van der Waals surface area contributed by atoms with E-state index in [0.29, 0.717) is 12.3 Å². The van der Waals surface area contributed by atoms with Crippen LogP contribution in [0.3, 0.4) is 0 Å². The van der Waals surface area contributed by atoms with E-state index in [1.54, 1.807) is 4.68 Å². The number of fused-ring (bicyclic) bond motifs is 1. The smallest absolute Gasteiger partial charge is 0.123 e. The van der Waals surface area contributed by atoms with Crippen molar-refractivity contribution in [2.75, 3.05) is 6.61 Å². The summed E-state index contributed by atoms with van der Waals surface area (Å²) >= 11 is 0. The van der Waals surface area contributed by atoms with Crippen LogP contribution < -0.4 is 4.74 Å². The lowest BCUT2D eigenvalue weighted by Gasteiger charge is -2.14. The van der Waals surface area contributed by atoms with Crippen LogP contribution in [0.1, 0.15) is 23.3 Å². The minimum absolute atomic E-state index is 0.0268. The van der Waals surface area contributed by atoms with Crippen molar-refractivity contribution in [1.29, 1.82) is 0 Å². The molecule has 0 bridgehead atoms. The third-order valence-electron chi connectivity index (χ3n) is 3.16. The van der Waals surface area contributed by atoms with Crippen molar-refractivity contribution in [2.45, 2.75) is 12.0 Å². The summed E-state index contributed by atoms with van der Waals surface area (Å²) in [6.45, 7) is 0.511. The molecule has 1 N–H and O–H groups in total. The lowest BCUT2D eigenvalue weighted by Crippen LogP contribution is -2.13. The molecule has 2 heterocycles. The maximum absolute atomic E-state index is 10.3. The first-order chi connectivity index (χ1) is 8.25. The lowest BCUT2D eigenvalue weighted by atomic mass is 9.94.